The van der Waals surface area contributed by atoms with Gasteiger partial charge < -0.3 is 19.6 Å². The zero-order chi connectivity index (χ0) is 33.3. The summed E-state index contributed by atoms with van der Waals surface area (Å²) in [6, 6.07) is 10.9. The number of likely N-dealkylation sites (tertiary alicyclic amines) is 1. The van der Waals surface area contributed by atoms with Crippen molar-refractivity contribution in [3.8, 4) is 5.75 Å². The number of nitrogens with zero attached hydrogens (tertiary/aromatic N) is 2. The van der Waals surface area contributed by atoms with E-state index in [1.54, 1.807) is 36.1 Å². The molecule has 0 spiro atoms. The Morgan fingerprint density at radius 2 is 1.87 bits per heavy atom. The number of benzene rings is 2. The van der Waals surface area contributed by atoms with Gasteiger partial charge in [0.15, 0.2) is 0 Å². The molecular weight excluding hydrogens is 638 g/mol. The summed E-state index contributed by atoms with van der Waals surface area (Å²) >= 11 is 6.34. The van der Waals surface area contributed by atoms with E-state index in [4.69, 9.17) is 16.3 Å². The Morgan fingerprint density at radius 1 is 1.06 bits per heavy atom. The number of aryl methyl sites for hydroxylation is 1. The van der Waals surface area contributed by atoms with Crippen LogP contribution in [-0.4, -0.2) is 67.3 Å². The van der Waals surface area contributed by atoms with E-state index in [9.17, 15) is 23.1 Å². The van der Waals surface area contributed by atoms with Crippen molar-refractivity contribution in [1.29, 1.82) is 0 Å². The monoisotopic (exact) mass is 683 g/mol. The lowest BCUT2D eigenvalue weighted by molar-refractivity contribution is -0.143. The van der Waals surface area contributed by atoms with Gasteiger partial charge in [-0.2, -0.15) is 0 Å². The molecule has 2 aromatic carbocycles. The summed E-state index contributed by atoms with van der Waals surface area (Å²) < 4.78 is 35.5. The minimum absolute atomic E-state index is 0.00756. The third-order valence-electron chi connectivity index (χ3n) is 10.8. The highest BCUT2D eigenvalue weighted by atomic mass is 35.5. The van der Waals surface area contributed by atoms with Gasteiger partial charge in [0.1, 0.15) is 12.4 Å². The SMILES string of the molecule is C[C@@H]1[C@@H](C)C/C=C/[C@](O)(CC(=O)N2CCC2)[C@@H]2CC[C@H]2CN2CCCCc3cc(Cl)ccc3COc3ccc(cc32)C(=O)NS1(=O)=O. The van der Waals surface area contributed by atoms with Crippen LogP contribution in [0, 0.1) is 17.8 Å². The first-order chi connectivity index (χ1) is 22.4. The van der Waals surface area contributed by atoms with Crippen molar-refractivity contribution in [3.05, 3.63) is 70.3 Å². The maximum atomic E-state index is 13.4. The summed E-state index contributed by atoms with van der Waals surface area (Å²) in [5.74, 6) is -0.517. The molecule has 4 aliphatic rings. The smallest absolute Gasteiger partial charge is 0.264 e. The molecular formula is C36H46ClN3O6S. The average molecular weight is 684 g/mol. The van der Waals surface area contributed by atoms with E-state index < -0.39 is 26.8 Å². The molecule has 11 heteroatoms. The van der Waals surface area contributed by atoms with E-state index in [0.29, 0.717) is 55.7 Å². The van der Waals surface area contributed by atoms with Gasteiger partial charge in [0.2, 0.25) is 15.9 Å². The van der Waals surface area contributed by atoms with Gasteiger partial charge in [-0.05, 0) is 111 Å². The maximum absolute atomic E-state index is 13.4. The topological polar surface area (TPSA) is 116 Å². The number of carbonyl (C=O) groups excluding carboxylic acids is 2. The molecule has 0 unspecified atom stereocenters. The van der Waals surface area contributed by atoms with Gasteiger partial charge in [0.25, 0.3) is 5.91 Å². The van der Waals surface area contributed by atoms with E-state index in [0.717, 1.165) is 49.7 Å². The highest BCUT2D eigenvalue weighted by Crippen LogP contribution is 2.46. The van der Waals surface area contributed by atoms with Crippen LogP contribution >= 0.6 is 11.6 Å². The van der Waals surface area contributed by atoms with Crippen molar-refractivity contribution >= 4 is 39.1 Å². The van der Waals surface area contributed by atoms with Crippen molar-refractivity contribution in [2.45, 2.75) is 82.7 Å². The average Bonchev–Trinajstić information content (AvgIpc) is 3.00. The second-order valence-electron chi connectivity index (χ2n) is 13.9. The Labute approximate surface area is 283 Å². The molecule has 9 nitrogen and oxygen atoms in total. The predicted molar refractivity (Wildman–Crippen MR) is 183 cm³/mol. The van der Waals surface area contributed by atoms with E-state index in [-0.39, 0.29) is 35.6 Å². The lowest BCUT2D eigenvalue weighted by atomic mass is 9.63. The van der Waals surface area contributed by atoms with Crippen LogP contribution in [0.1, 0.15) is 80.3 Å². The van der Waals surface area contributed by atoms with Crippen LogP contribution in [0.2, 0.25) is 5.02 Å². The summed E-state index contributed by atoms with van der Waals surface area (Å²) in [5.41, 5.74) is 1.78. The number of ether oxygens (including phenoxy) is 1. The van der Waals surface area contributed by atoms with E-state index in [1.165, 1.54) is 0 Å². The van der Waals surface area contributed by atoms with Gasteiger partial charge >= 0.3 is 0 Å². The second-order valence-corrected chi connectivity index (χ2v) is 16.4. The largest absolute Gasteiger partial charge is 0.487 e. The number of carbonyl (C=O) groups is 2. The number of amides is 2. The molecule has 0 radical (unpaired) electrons. The van der Waals surface area contributed by atoms with Crippen LogP contribution in [0.25, 0.3) is 0 Å². The molecule has 2 N–H and O–H groups in total. The number of aliphatic hydroxyl groups is 1. The Bertz CT molecular complexity index is 1640. The fraction of sp³-hybridized carbons (Fsp3) is 0.556. The molecule has 2 aromatic rings. The standard InChI is InChI=1S/C36H46ClN3O6S/c1-24-7-5-15-36(43,21-34(41)39-17-6-18-39)31-13-10-28(31)22-40-16-4-3-8-26-19-30(37)12-9-29(26)23-46-33-14-11-27(20-32(33)40)35(42)38-47(44,45)25(24)2/h5,9,11-12,14-15,19-20,24-25,28,31,43H,3-4,6-8,10,13,16-18,21-23H2,1-2H3,(H,38,42)/b15-5+/t24-,25+,28-,31+,36-/m0/s1. The number of rotatable bonds is 2. The van der Waals surface area contributed by atoms with E-state index >= 15 is 0 Å². The Morgan fingerprint density at radius 3 is 2.60 bits per heavy atom. The quantitative estimate of drug-likeness (QED) is 0.403. The molecule has 47 heavy (non-hydrogen) atoms. The Balaban J connectivity index is 1.39. The summed E-state index contributed by atoms with van der Waals surface area (Å²) in [6.45, 7) is 6.44. The van der Waals surface area contributed by atoms with Crippen LogP contribution in [0.15, 0.2) is 48.6 Å². The highest BCUT2D eigenvalue weighted by Gasteiger charge is 2.47. The van der Waals surface area contributed by atoms with Crippen molar-refractivity contribution < 1.29 is 27.9 Å². The first-order valence-corrected chi connectivity index (χ1v) is 18.9. The highest BCUT2D eigenvalue weighted by molar-refractivity contribution is 7.90. The second kappa shape index (κ2) is 13.8. The van der Waals surface area contributed by atoms with Crippen molar-refractivity contribution in [2.75, 3.05) is 31.1 Å². The lowest BCUT2D eigenvalue weighted by Gasteiger charge is -2.48. The molecule has 254 valence electrons. The third kappa shape index (κ3) is 7.34. The minimum Gasteiger partial charge on any atom is -0.487 e. The Hall–Kier alpha value is -3.08. The van der Waals surface area contributed by atoms with Crippen LogP contribution in [0.3, 0.4) is 0 Å². The zero-order valence-corrected chi connectivity index (χ0v) is 28.9. The molecule has 0 aromatic heterocycles. The first-order valence-electron chi connectivity index (χ1n) is 17.0. The number of hydrogen-bond donors (Lipinski definition) is 2. The number of nitrogens with one attached hydrogen (secondary N) is 1. The van der Waals surface area contributed by atoms with Gasteiger partial charge in [-0.25, -0.2) is 13.1 Å². The van der Waals surface area contributed by atoms with Gasteiger partial charge in [-0.1, -0.05) is 36.7 Å². The number of hydrogen-bond acceptors (Lipinski definition) is 7. The molecule has 6 rings (SSSR count). The van der Waals surface area contributed by atoms with Crippen molar-refractivity contribution in [2.24, 2.45) is 17.8 Å². The molecule has 3 aliphatic heterocycles. The molecule has 3 heterocycles. The summed E-state index contributed by atoms with van der Waals surface area (Å²) in [7, 11) is -4.01. The summed E-state index contributed by atoms with van der Waals surface area (Å²) in [4.78, 5) is 30.7. The van der Waals surface area contributed by atoms with Gasteiger partial charge in [-0.3, -0.25) is 9.59 Å². The molecule has 1 aliphatic carbocycles. The number of fused-ring (bicyclic) bond motifs is 3. The molecule has 2 fully saturated rings. The molecule has 5 atom stereocenters. The molecule has 1 saturated heterocycles. The van der Waals surface area contributed by atoms with Crippen LogP contribution in [0.5, 0.6) is 5.75 Å². The minimum atomic E-state index is -4.01. The zero-order valence-electron chi connectivity index (χ0n) is 27.3. The van der Waals surface area contributed by atoms with E-state index in [2.05, 4.69) is 9.62 Å². The van der Waals surface area contributed by atoms with Gasteiger partial charge in [-0.15, -0.1) is 0 Å². The first kappa shape index (κ1) is 33.8. The number of halogens is 1. The number of allylic oxidation sites excluding steroid dienone is 1. The van der Waals surface area contributed by atoms with E-state index in [1.807, 2.05) is 31.2 Å². The van der Waals surface area contributed by atoms with Gasteiger partial charge in [0, 0.05) is 36.8 Å². The third-order valence-corrected chi connectivity index (χ3v) is 13.0. The van der Waals surface area contributed by atoms with Crippen molar-refractivity contribution in [3.63, 3.8) is 0 Å². The van der Waals surface area contributed by atoms with Crippen LogP contribution < -0.4 is 14.4 Å². The molecule has 1 saturated carbocycles. The van der Waals surface area contributed by atoms with Crippen molar-refractivity contribution in [1.82, 2.24) is 9.62 Å². The van der Waals surface area contributed by atoms with Crippen LogP contribution in [0.4, 0.5) is 5.69 Å². The molecule has 2 amide bonds. The molecule has 2 bridgehead atoms. The number of anilines is 1. The maximum Gasteiger partial charge on any atom is 0.264 e. The fourth-order valence-electron chi connectivity index (χ4n) is 7.31. The summed E-state index contributed by atoms with van der Waals surface area (Å²) in [5, 5.41) is 12.1. The predicted octanol–water partition coefficient (Wildman–Crippen LogP) is 5.49. The lowest BCUT2D eigenvalue weighted by Crippen LogP contribution is -2.53. The van der Waals surface area contributed by atoms with Crippen LogP contribution in [-0.2, 0) is 27.8 Å². The Kier molecular flexibility index (Phi) is 9.93. The van der Waals surface area contributed by atoms with Gasteiger partial charge in [0.05, 0.1) is 23.0 Å². The fourth-order valence-corrected chi connectivity index (χ4v) is 8.79. The number of sulfonamides is 1. The normalized spacial score (nSPS) is 30.2. The summed E-state index contributed by atoms with van der Waals surface area (Å²) in [6.07, 6.45) is 9.26.